The molecule has 0 aliphatic rings. The zero-order valence-electron chi connectivity index (χ0n) is 19.1. The number of hydrogen-bond donors (Lipinski definition) is 2. The first-order valence-corrected chi connectivity index (χ1v) is 10.4. The van der Waals surface area contributed by atoms with E-state index in [4.69, 9.17) is 14.5 Å². The molecular formula is C23H34N4O3. The second kappa shape index (κ2) is 10.9. The second-order valence-corrected chi connectivity index (χ2v) is 7.19. The van der Waals surface area contributed by atoms with Crippen molar-refractivity contribution in [2.75, 3.05) is 27.3 Å². The van der Waals surface area contributed by atoms with Gasteiger partial charge < -0.3 is 19.9 Å². The molecule has 3 rings (SSSR count). The predicted molar refractivity (Wildman–Crippen MR) is 121 cm³/mol. The molecule has 0 saturated carbocycles. The number of ether oxygens (including phenoxy) is 2. The van der Waals surface area contributed by atoms with Crippen LogP contribution in [0.2, 0.25) is 0 Å². The molecule has 1 aromatic carbocycles. The number of nitrogens with one attached hydrogen (secondary N) is 1. The molecule has 1 atom stereocenters. The van der Waals surface area contributed by atoms with Crippen LogP contribution in [0.1, 0.15) is 44.9 Å². The van der Waals surface area contributed by atoms with Crippen LogP contribution >= 0.6 is 0 Å². The van der Waals surface area contributed by atoms with Gasteiger partial charge in [0.05, 0.1) is 19.0 Å². The molecule has 0 saturated heterocycles. The first-order chi connectivity index (χ1) is 14.4. The Balaban J connectivity index is 0.00000155. The standard InChI is InChI=1S/C21H28N4O3.C2H6/c1-13(2)19-11-23-25-14(3)6-20(24-21(19)25)15-7-17(27-5)9-18(8-15)28-12-16(26)10-22-4;1-2/h6-9,11,13,16,22,26H,10,12H2,1-5H3;1-2H3. The van der Waals surface area contributed by atoms with Gasteiger partial charge >= 0.3 is 0 Å². The van der Waals surface area contributed by atoms with Crippen LogP contribution < -0.4 is 14.8 Å². The van der Waals surface area contributed by atoms with Gasteiger partial charge in [0.15, 0.2) is 5.65 Å². The summed E-state index contributed by atoms with van der Waals surface area (Å²) in [6, 6.07) is 7.65. The lowest BCUT2D eigenvalue weighted by Crippen LogP contribution is -2.29. The Labute approximate surface area is 179 Å². The summed E-state index contributed by atoms with van der Waals surface area (Å²) in [4.78, 5) is 4.86. The minimum Gasteiger partial charge on any atom is -0.497 e. The van der Waals surface area contributed by atoms with Gasteiger partial charge in [-0.2, -0.15) is 5.10 Å². The zero-order valence-corrected chi connectivity index (χ0v) is 19.1. The Kier molecular flexibility index (Phi) is 8.62. The first-order valence-electron chi connectivity index (χ1n) is 10.4. The van der Waals surface area contributed by atoms with Crippen LogP contribution in [0.25, 0.3) is 16.9 Å². The third-order valence-electron chi connectivity index (χ3n) is 4.59. The van der Waals surface area contributed by atoms with E-state index in [0.717, 1.165) is 28.2 Å². The molecule has 7 heteroatoms. The van der Waals surface area contributed by atoms with E-state index in [9.17, 15) is 5.11 Å². The van der Waals surface area contributed by atoms with Gasteiger partial charge in [-0.05, 0) is 38.1 Å². The Morgan fingerprint density at radius 3 is 2.47 bits per heavy atom. The summed E-state index contributed by atoms with van der Waals surface area (Å²) < 4.78 is 13.1. The number of nitrogens with zero attached hydrogens (tertiary/aromatic N) is 3. The summed E-state index contributed by atoms with van der Waals surface area (Å²) in [5.41, 5.74) is 4.69. The van der Waals surface area contributed by atoms with E-state index >= 15 is 0 Å². The summed E-state index contributed by atoms with van der Waals surface area (Å²) in [6.45, 7) is 10.9. The number of methoxy groups -OCH3 is 1. The van der Waals surface area contributed by atoms with Crippen molar-refractivity contribution in [1.82, 2.24) is 19.9 Å². The SMILES string of the molecule is CC.CNCC(O)COc1cc(OC)cc(-c2cc(C)n3ncc(C(C)C)c3n2)c1. The molecule has 3 aromatic rings. The first kappa shape index (κ1) is 23.6. The normalized spacial score (nSPS) is 11.9. The lowest BCUT2D eigenvalue weighted by molar-refractivity contribution is 0.108. The van der Waals surface area contributed by atoms with E-state index in [1.165, 1.54) is 0 Å². The van der Waals surface area contributed by atoms with Crippen molar-refractivity contribution in [1.29, 1.82) is 0 Å². The molecule has 2 N–H and O–H groups in total. The maximum atomic E-state index is 9.90. The Morgan fingerprint density at radius 1 is 1.13 bits per heavy atom. The van der Waals surface area contributed by atoms with E-state index in [2.05, 4.69) is 24.3 Å². The number of aryl methyl sites for hydroxylation is 1. The van der Waals surface area contributed by atoms with Crippen molar-refractivity contribution in [2.24, 2.45) is 0 Å². The topological polar surface area (TPSA) is 80.9 Å². The summed E-state index contributed by atoms with van der Waals surface area (Å²) in [6.07, 6.45) is 1.30. The van der Waals surface area contributed by atoms with Gasteiger partial charge in [0.25, 0.3) is 0 Å². The number of aromatic nitrogens is 3. The Bertz CT molecular complexity index is 953. The lowest BCUT2D eigenvalue weighted by Gasteiger charge is -2.14. The smallest absolute Gasteiger partial charge is 0.159 e. The Hall–Kier alpha value is -2.64. The number of aliphatic hydroxyl groups is 1. The van der Waals surface area contributed by atoms with Gasteiger partial charge in [-0.1, -0.05) is 27.7 Å². The van der Waals surface area contributed by atoms with Gasteiger partial charge in [0.2, 0.25) is 0 Å². The number of benzene rings is 1. The molecule has 1 unspecified atom stereocenters. The van der Waals surface area contributed by atoms with Gasteiger partial charge in [0.1, 0.15) is 24.2 Å². The van der Waals surface area contributed by atoms with Crippen molar-refractivity contribution < 1.29 is 14.6 Å². The van der Waals surface area contributed by atoms with Crippen LogP contribution in [0.4, 0.5) is 0 Å². The van der Waals surface area contributed by atoms with E-state index in [1.807, 2.05) is 49.7 Å². The number of hydrogen-bond acceptors (Lipinski definition) is 6. The van der Waals surface area contributed by atoms with Crippen LogP contribution in [0, 0.1) is 6.92 Å². The summed E-state index contributed by atoms with van der Waals surface area (Å²) in [5.74, 6) is 1.63. The summed E-state index contributed by atoms with van der Waals surface area (Å²) in [5, 5.41) is 17.3. The highest BCUT2D eigenvalue weighted by molar-refractivity contribution is 5.67. The second-order valence-electron chi connectivity index (χ2n) is 7.19. The molecule has 0 spiro atoms. The fourth-order valence-corrected chi connectivity index (χ4v) is 3.09. The minimum absolute atomic E-state index is 0.194. The minimum atomic E-state index is -0.586. The van der Waals surface area contributed by atoms with Crippen molar-refractivity contribution >= 4 is 5.65 Å². The van der Waals surface area contributed by atoms with Crippen LogP contribution in [0.5, 0.6) is 11.5 Å². The molecule has 0 aliphatic heterocycles. The maximum Gasteiger partial charge on any atom is 0.159 e. The monoisotopic (exact) mass is 414 g/mol. The number of fused-ring (bicyclic) bond motifs is 1. The van der Waals surface area contributed by atoms with E-state index in [-0.39, 0.29) is 6.61 Å². The van der Waals surface area contributed by atoms with Crippen LogP contribution in [0.15, 0.2) is 30.5 Å². The summed E-state index contributed by atoms with van der Waals surface area (Å²) >= 11 is 0. The molecule has 30 heavy (non-hydrogen) atoms. The molecule has 0 aliphatic carbocycles. The molecular weight excluding hydrogens is 380 g/mol. The molecule has 7 nitrogen and oxygen atoms in total. The fraction of sp³-hybridized carbons (Fsp3) is 0.478. The van der Waals surface area contributed by atoms with Crippen LogP contribution in [0.3, 0.4) is 0 Å². The van der Waals surface area contributed by atoms with Gasteiger partial charge in [0, 0.05) is 29.4 Å². The fourth-order valence-electron chi connectivity index (χ4n) is 3.09. The van der Waals surface area contributed by atoms with E-state index in [0.29, 0.717) is 24.0 Å². The number of rotatable bonds is 8. The van der Waals surface area contributed by atoms with Crippen molar-refractivity contribution in [3.8, 4) is 22.8 Å². The van der Waals surface area contributed by atoms with Crippen molar-refractivity contribution in [3.63, 3.8) is 0 Å². The highest BCUT2D eigenvalue weighted by atomic mass is 16.5. The highest BCUT2D eigenvalue weighted by Gasteiger charge is 2.14. The predicted octanol–water partition coefficient (Wildman–Crippen LogP) is 3.82. The van der Waals surface area contributed by atoms with Gasteiger partial charge in [-0.3, -0.25) is 0 Å². The molecule has 0 bridgehead atoms. The molecule has 164 valence electrons. The third-order valence-corrected chi connectivity index (χ3v) is 4.59. The highest BCUT2D eigenvalue weighted by Crippen LogP contribution is 2.31. The van der Waals surface area contributed by atoms with Crippen LogP contribution in [-0.2, 0) is 0 Å². The molecule has 0 radical (unpaired) electrons. The lowest BCUT2D eigenvalue weighted by atomic mass is 10.1. The molecule has 0 fully saturated rings. The van der Waals surface area contributed by atoms with E-state index in [1.54, 1.807) is 20.2 Å². The van der Waals surface area contributed by atoms with Crippen LogP contribution in [-0.4, -0.2) is 53.1 Å². The average Bonchev–Trinajstić information content (AvgIpc) is 3.18. The zero-order chi connectivity index (χ0) is 22.3. The number of likely N-dealkylation sites (N-methyl/N-ethyl adjacent to an activating group) is 1. The Morgan fingerprint density at radius 2 is 1.83 bits per heavy atom. The average molecular weight is 415 g/mol. The summed E-state index contributed by atoms with van der Waals surface area (Å²) in [7, 11) is 3.41. The molecule has 2 heterocycles. The van der Waals surface area contributed by atoms with Gasteiger partial charge in [-0.25, -0.2) is 9.50 Å². The van der Waals surface area contributed by atoms with Crippen molar-refractivity contribution in [3.05, 3.63) is 41.7 Å². The maximum absolute atomic E-state index is 9.90. The molecule has 2 aromatic heterocycles. The number of aliphatic hydroxyl groups excluding tert-OH is 1. The van der Waals surface area contributed by atoms with E-state index < -0.39 is 6.10 Å². The van der Waals surface area contributed by atoms with Gasteiger partial charge in [-0.15, -0.1) is 0 Å². The third kappa shape index (κ3) is 5.49. The molecule has 0 amide bonds. The largest absolute Gasteiger partial charge is 0.497 e. The van der Waals surface area contributed by atoms with Crippen molar-refractivity contribution in [2.45, 2.75) is 46.6 Å². The quantitative estimate of drug-likeness (QED) is 0.583.